The van der Waals surface area contributed by atoms with Crippen LogP contribution in [0.1, 0.15) is 42.0 Å². The number of rotatable bonds is 9. The Morgan fingerprint density at radius 2 is 1.41 bits per heavy atom. The molecule has 0 unspecified atom stereocenters. The van der Waals surface area contributed by atoms with Gasteiger partial charge >= 0.3 is 5.97 Å². The first kappa shape index (κ1) is 23.2. The van der Waals surface area contributed by atoms with Crippen molar-refractivity contribution in [2.24, 2.45) is 0 Å². The summed E-state index contributed by atoms with van der Waals surface area (Å²) in [6.45, 7) is 4.26. The molecule has 0 saturated carbocycles. The average molecular weight is 432 g/mol. The molecule has 0 heterocycles. The predicted octanol–water partition coefficient (Wildman–Crippen LogP) is 3.95. The summed E-state index contributed by atoms with van der Waals surface area (Å²) in [5, 5.41) is 14.1. The van der Waals surface area contributed by atoms with Crippen LogP contribution in [0.15, 0.2) is 84.9 Å². The molecule has 32 heavy (non-hydrogen) atoms. The van der Waals surface area contributed by atoms with Gasteiger partial charge in [0.25, 0.3) is 5.91 Å². The summed E-state index contributed by atoms with van der Waals surface area (Å²) >= 11 is 0. The Morgan fingerprint density at radius 3 is 1.91 bits per heavy atom. The Morgan fingerprint density at radius 1 is 0.875 bits per heavy atom. The average Bonchev–Trinajstić information content (AvgIpc) is 2.83. The number of benzene rings is 3. The van der Waals surface area contributed by atoms with Crippen molar-refractivity contribution >= 4 is 11.9 Å². The first-order valence-electron chi connectivity index (χ1n) is 10.8. The van der Waals surface area contributed by atoms with Crippen molar-refractivity contribution in [1.29, 1.82) is 0 Å². The molecular formula is C27H29NO4. The molecule has 0 fully saturated rings. The summed E-state index contributed by atoms with van der Waals surface area (Å²) in [6, 6.07) is 25.4. The van der Waals surface area contributed by atoms with Crippen LogP contribution >= 0.6 is 0 Å². The number of nitrogens with one attached hydrogen (secondary N) is 1. The summed E-state index contributed by atoms with van der Waals surface area (Å²) in [4.78, 5) is 25.1. The molecule has 3 aromatic rings. The molecule has 0 aliphatic carbocycles. The minimum atomic E-state index is -2.00. The van der Waals surface area contributed by atoms with Gasteiger partial charge in [-0.05, 0) is 34.6 Å². The van der Waals surface area contributed by atoms with Crippen molar-refractivity contribution in [3.05, 3.63) is 107 Å². The third-order valence-corrected chi connectivity index (χ3v) is 5.40. The van der Waals surface area contributed by atoms with Gasteiger partial charge in [0.05, 0.1) is 0 Å². The van der Waals surface area contributed by atoms with Crippen LogP contribution in [-0.2, 0) is 26.3 Å². The number of ether oxygens (including phenoxy) is 1. The van der Waals surface area contributed by atoms with Crippen LogP contribution in [0.5, 0.6) is 0 Å². The van der Waals surface area contributed by atoms with E-state index in [1.165, 1.54) is 5.56 Å². The number of esters is 1. The maximum atomic E-state index is 12.9. The normalized spacial score (nSPS) is 11.2. The maximum Gasteiger partial charge on any atom is 0.348 e. The van der Waals surface area contributed by atoms with Crippen molar-refractivity contribution < 1.29 is 19.4 Å². The SMILES string of the molecule is CC(C)c1ccc(CCNC(=O)COC(=O)C(O)(c2ccccc2)c2ccccc2)cc1. The second-order valence-corrected chi connectivity index (χ2v) is 8.01. The molecule has 0 bridgehead atoms. The first-order chi connectivity index (χ1) is 15.4. The largest absolute Gasteiger partial charge is 0.453 e. The lowest BCUT2D eigenvalue weighted by Crippen LogP contribution is -2.40. The van der Waals surface area contributed by atoms with Crippen molar-refractivity contribution in [3.63, 3.8) is 0 Å². The molecule has 3 rings (SSSR count). The van der Waals surface area contributed by atoms with Crippen LogP contribution in [0.3, 0.4) is 0 Å². The molecule has 3 aromatic carbocycles. The van der Waals surface area contributed by atoms with Gasteiger partial charge in [-0.1, -0.05) is 98.8 Å². The van der Waals surface area contributed by atoms with Gasteiger partial charge < -0.3 is 15.2 Å². The highest BCUT2D eigenvalue weighted by Gasteiger charge is 2.41. The molecular weight excluding hydrogens is 402 g/mol. The van der Waals surface area contributed by atoms with Crippen molar-refractivity contribution in [2.45, 2.75) is 31.8 Å². The topological polar surface area (TPSA) is 75.6 Å². The number of aliphatic hydroxyl groups is 1. The summed E-state index contributed by atoms with van der Waals surface area (Å²) in [6.07, 6.45) is 0.677. The molecule has 0 aliphatic rings. The number of hydrogen-bond donors (Lipinski definition) is 2. The van der Waals surface area contributed by atoms with Crippen LogP contribution in [0.2, 0.25) is 0 Å². The fraction of sp³-hybridized carbons (Fsp3) is 0.259. The summed E-state index contributed by atoms with van der Waals surface area (Å²) < 4.78 is 5.22. The summed E-state index contributed by atoms with van der Waals surface area (Å²) in [5.41, 5.74) is 1.15. The maximum absolute atomic E-state index is 12.9. The number of carbonyl (C=O) groups excluding carboxylic acids is 2. The zero-order chi connectivity index (χ0) is 23.0. The van der Waals surface area contributed by atoms with E-state index < -0.39 is 24.1 Å². The van der Waals surface area contributed by atoms with Gasteiger partial charge in [-0.3, -0.25) is 4.79 Å². The number of carbonyl (C=O) groups is 2. The zero-order valence-corrected chi connectivity index (χ0v) is 18.5. The van der Waals surface area contributed by atoms with Crippen LogP contribution in [-0.4, -0.2) is 30.1 Å². The second kappa shape index (κ2) is 10.7. The predicted molar refractivity (Wildman–Crippen MR) is 124 cm³/mol. The van der Waals surface area contributed by atoms with E-state index in [1.807, 2.05) is 0 Å². The van der Waals surface area contributed by atoms with E-state index >= 15 is 0 Å². The molecule has 0 radical (unpaired) electrons. The van der Waals surface area contributed by atoms with Crippen LogP contribution in [0.4, 0.5) is 0 Å². The highest BCUT2D eigenvalue weighted by atomic mass is 16.6. The molecule has 0 saturated heterocycles. The third-order valence-electron chi connectivity index (χ3n) is 5.40. The van der Waals surface area contributed by atoms with Crippen LogP contribution in [0.25, 0.3) is 0 Å². The van der Waals surface area contributed by atoms with Gasteiger partial charge in [-0.15, -0.1) is 0 Å². The van der Waals surface area contributed by atoms with Gasteiger partial charge in [-0.25, -0.2) is 4.79 Å². The molecule has 5 heteroatoms. The van der Waals surface area contributed by atoms with Gasteiger partial charge in [0.2, 0.25) is 5.60 Å². The lowest BCUT2D eigenvalue weighted by molar-refractivity contribution is -0.164. The summed E-state index contributed by atoms with van der Waals surface area (Å²) in [7, 11) is 0. The van der Waals surface area contributed by atoms with Crippen molar-refractivity contribution in [2.75, 3.05) is 13.2 Å². The highest BCUT2D eigenvalue weighted by Crippen LogP contribution is 2.31. The highest BCUT2D eigenvalue weighted by molar-refractivity contribution is 5.88. The van der Waals surface area contributed by atoms with E-state index in [1.54, 1.807) is 60.7 Å². The quantitative estimate of drug-likeness (QED) is 0.503. The molecule has 0 aromatic heterocycles. The molecule has 1 amide bonds. The summed E-state index contributed by atoms with van der Waals surface area (Å²) in [5.74, 6) is -0.834. The second-order valence-electron chi connectivity index (χ2n) is 8.01. The Kier molecular flexibility index (Phi) is 7.79. The van der Waals surface area contributed by atoms with E-state index in [0.29, 0.717) is 30.0 Å². The lowest BCUT2D eigenvalue weighted by Gasteiger charge is -2.26. The molecule has 2 N–H and O–H groups in total. The molecule has 0 spiro atoms. The van der Waals surface area contributed by atoms with E-state index in [4.69, 9.17) is 4.74 Å². The van der Waals surface area contributed by atoms with Gasteiger partial charge in [0.15, 0.2) is 6.61 Å². The van der Waals surface area contributed by atoms with E-state index in [-0.39, 0.29) is 0 Å². The fourth-order valence-electron chi connectivity index (χ4n) is 3.46. The monoisotopic (exact) mass is 431 g/mol. The van der Waals surface area contributed by atoms with Crippen LogP contribution < -0.4 is 5.32 Å². The van der Waals surface area contributed by atoms with Crippen molar-refractivity contribution in [3.8, 4) is 0 Å². The molecule has 0 atom stereocenters. The lowest BCUT2D eigenvalue weighted by atomic mass is 9.86. The third kappa shape index (κ3) is 5.62. The number of amides is 1. The Hall–Kier alpha value is -3.44. The van der Waals surface area contributed by atoms with E-state index in [2.05, 4.69) is 43.4 Å². The standard InChI is InChI=1S/C27H29NO4/c1-20(2)22-15-13-21(14-16-22)17-18-28-25(29)19-32-26(30)27(31,23-9-5-3-6-10-23)24-11-7-4-8-12-24/h3-16,20,31H,17-19H2,1-2H3,(H,28,29). The van der Waals surface area contributed by atoms with Crippen molar-refractivity contribution in [1.82, 2.24) is 5.32 Å². The Bertz CT molecular complexity index is 975. The minimum absolute atomic E-state index is 0.376. The molecule has 0 aliphatic heterocycles. The van der Waals surface area contributed by atoms with E-state index in [0.717, 1.165) is 5.56 Å². The smallest absolute Gasteiger partial charge is 0.348 e. The minimum Gasteiger partial charge on any atom is -0.453 e. The zero-order valence-electron chi connectivity index (χ0n) is 18.5. The van der Waals surface area contributed by atoms with E-state index in [9.17, 15) is 14.7 Å². The van der Waals surface area contributed by atoms with Gasteiger partial charge in [-0.2, -0.15) is 0 Å². The Balaban J connectivity index is 1.57. The van der Waals surface area contributed by atoms with Gasteiger partial charge in [0, 0.05) is 6.54 Å². The number of hydrogen-bond acceptors (Lipinski definition) is 4. The first-order valence-corrected chi connectivity index (χ1v) is 10.8. The molecule has 166 valence electrons. The fourth-order valence-corrected chi connectivity index (χ4v) is 3.46. The molecule has 5 nitrogen and oxygen atoms in total. The van der Waals surface area contributed by atoms with Crippen LogP contribution in [0, 0.1) is 0 Å². The van der Waals surface area contributed by atoms with Gasteiger partial charge in [0.1, 0.15) is 0 Å². The Labute approximate surface area is 189 Å².